The fourth-order valence-electron chi connectivity index (χ4n) is 6.71. The van der Waals surface area contributed by atoms with Gasteiger partial charge in [-0.1, -0.05) is 6.92 Å². The first-order valence-electron chi connectivity index (χ1n) is 8.96. The van der Waals surface area contributed by atoms with E-state index in [-0.39, 0.29) is 29.2 Å². The molecule has 0 aromatic rings. The zero-order chi connectivity index (χ0) is 16.0. The van der Waals surface area contributed by atoms with Gasteiger partial charge in [0.1, 0.15) is 11.9 Å². The van der Waals surface area contributed by atoms with Gasteiger partial charge in [-0.05, 0) is 61.5 Å². The molecule has 5 rings (SSSR count). The molecular formula is C19H22O4. The van der Waals surface area contributed by atoms with Gasteiger partial charge in [-0.3, -0.25) is 14.4 Å². The highest BCUT2D eigenvalue weighted by molar-refractivity contribution is 5.97. The first-order valence-corrected chi connectivity index (χ1v) is 8.96. The average molecular weight is 314 g/mol. The molecule has 1 aliphatic heterocycles. The molecule has 0 radical (unpaired) electrons. The lowest BCUT2D eigenvalue weighted by atomic mass is 9.47. The second-order valence-corrected chi connectivity index (χ2v) is 8.46. The van der Waals surface area contributed by atoms with Crippen LogP contribution in [0.4, 0.5) is 0 Å². The van der Waals surface area contributed by atoms with Gasteiger partial charge in [-0.15, -0.1) is 0 Å². The molecule has 122 valence electrons. The number of ketones is 2. The van der Waals surface area contributed by atoms with Crippen LogP contribution in [0.25, 0.3) is 0 Å². The van der Waals surface area contributed by atoms with Gasteiger partial charge in [0.25, 0.3) is 0 Å². The van der Waals surface area contributed by atoms with Crippen LogP contribution in [0.3, 0.4) is 0 Å². The number of hydrogen-bond acceptors (Lipinski definition) is 4. The molecule has 23 heavy (non-hydrogen) atoms. The molecule has 2 bridgehead atoms. The predicted octanol–water partition coefficient (Wildman–Crippen LogP) is 2.60. The van der Waals surface area contributed by atoms with Crippen LogP contribution in [0.5, 0.6) is 0 Å². The summed E-state index contributed by atoms with van der Waals surface area (Å²) in [5.41, 5.74) is 0.230. The number of rotatable bonds is 0. The van der Waals surface area contributed by atoms with E-state index in [9.17, 15) is 14.4 Å². The number of esters is 1. The van der Waals surface area contributed by atoms with Crippen molar-refractivity contribution >= 4 is 17.5 Å². The van der Waals surface area contributed by atoms with Gasteiger partial charge in [0.2, 0.25) is 0 Å². The molecule has 0 N–H and O–H groups in total. The largest absolute Gasteiger partial charge is 0.457 e. The Morgan fingerprint density at radius 2 is 1.91 bits per heavy atom. The lowest BCUT2D eigenvalue weighted by Crippen LogP contribution is -2.53. The Morgan fingerprint density at radius 1 is 1.09 bits per heavy atom. The van der Waals surface area contributed by atoms with Crippen LogP contribution in [0.15, 0.2) is 11.6 Å². The lowest BCUT2D eigenvalue weighted by Gasteiger charge is -2.53. The van der Waals surface area contributed by atoms with Crippen molar-refractivity contribution in [1.29, 1.82) is 0 Å². The summed E-state index contributed by atoms with van der Waals surface area (Å²) in [5, 5.41) is 0. The lowest BCUT2D eigenvalue weighted by molar-refractivity contribution is -0.151. The first kappa shape index (κ1) is 13.9. The summed E-state index contributed by atoms with van der Waals surface area (Å²) in [6, 6.07) is 0. The SMILES string of the molecule is C[C@]12CC[C@H]3[C@@H](C[C@@H]4OC(=O)[C@@]35CCC(=O)C=C45)[C@@H]1CCC2=O. The van der Waals surface area contributed by atoms with Gasteiger partial charge in [0.05, 0.1) is 5.41 Å². The van der Waals surface area contributed by atoms with E-state index in [0.717, 1.165) is 31.3 Å². The molecule has 0 amide bonds. The highest BCUT2D eigenvalue weighted by atomic mass is 16.6. The van der Waals surface area contributed by atoms with Crippen LogP contribution in [-0.4, -0.2) is 23.6 Å². The van der Waals surface area contributed by atoms with Crippen molar-refractivity contribution in [2.24, 2.45) is 28.6 Å². The van der Waals surface area contributed by atoms with E-state index in [0.29, 0.717) is 36.9 Å². The van der Waals surface area contributed by atoms with E-state index in [1.54, 1.807) is 6.08 Å². The summed E-state index contributed by atoms with van der Waals surface area (Å²) in [6.45, 7) is 2.14. The maximum absolute atomic E-state index is 12.8. The Bertz CT molecular complexity index is 677. The van der Waals surface area contributed by atoms with Crippen molar-refractivity contribution in [1.82, 2.24) is 0 Å². The smallest absolute Gasteiger partial charge is 0.317 e. The van der Waals surface area contributed by atoms with Crippen LogP contribution in [-0.2, 0) is 19.1 Å². The van der Waals surface area contributed by atoms with Gasteiger partial charge >= 0.3 is 5.97 Å². The van der Waals surface area contributed by atoms with E-state index >= 15 is 0 Å². The molecule has 3 saturated carbocycles. The number of carbonyl (C=O) groups is 3. The molecule has 1 saturated heterocycles. The summed E-state index contributed by atoms with van der Waals surface area (Å²) in [5.74, 6) is 1.50. The maximum atomic E-state index is 12.8. The maximum Gasteiger partial charge on any atom is 0.317 e. The molecule has 1 heterocycles. The van der Waals surface area contributed by atoms with Crippen LogP contribution in [0.2, 0.25) is 0 Å². The van der Waals surface area contributed by atoms with Crippen molar-refractivity contribution in [3.05, 3.63) is 11.6 Å². The normalized spacial score (nSPS) is 50.8. The van der Waals surface area contributed by atoms with Crippen molar-refractivity contribution in [3.63, 3.8) is 0 Å². The second-order valence-electron chi connectivity index (χ2n) is 8.46. The number of ether oxygens (including phenoxy) is 1. The molecule has 4 nitrogen and oxygen atoms in total. The monoisotopic (exact) mass is 314 g/mol. The van der Waals surface area contributed by atoms with Crippen LogP contribution >= 0.6 is 0 Å². The zero-order valence-corrected chi connectivity index (χ0v) is 13.5. The van der Waals surface area contributed by atoms with Gasteiger partial charge in [0, 0.05) is 18.3 Å². The fraction of sp³-hybridized carbons (Fsp3) is 0.737. The molecule has 6 atom stereocenters. The highest BCUT2D eigenvalue weighted by Crippen LogP contribution is 2.67. The third-order valence-corrected chi connectivity index (χ3v) is 7.82. The Labute approximate surface area is 135 Å². The van der Waals surface area contributed by atoms with Crippen LogP contribution in [0, 0.1) is 28.6 Å². The third kappa shape index (κ3) is 1.46. The van der Waals surface area contributed by atoms with Crippen LogP contribution in [0.1, 0.15) is 51.9 Å². The second kappa shape index (κ2) is 4.14. The van der Waals surface area contributed by atoms with Gasteiger partial charge in [0.15, 0.2) is 5.78 Å². The van der Waals surface area contributed by atoms with Crippen molar-refractivity contribution in [2.45, 2.75) is 58.0 Å². The van der Waals surface area contributed by atoms with Gasteiger partial charge in [-0.25, -0.2) is 0 Å². The molecular weight excluding hydrogens is 292 g/mol. The Kier molecular flexibility index (Phi) is 2.51. The van der Waals surface area contributed by atoms with E-state index in [1.807, 2.05) is 0 Å². The number of carbonyl (C=O) groups excluding carboxylic acids is 3. The highest BCUT2D eigenvalue weighted by Gasteiger charge is 2.68. The minimum atomic E-state index is -0.547. The van der Waals surface area contributed by atoms with Gasteiger partial charge in [-0.2, -0.15) is 0 Å². The number of fused-ring (bicyclic) bond motifs is 3. The molecule has 4 aliphatic carbocycles. The predicted molar refractivity (Wildman–Crippen MR) is 81.3 cm³/mol. The number of Topliss-reactive ketones (excluding diaryl/α,β-unsaturated/α-hetero) is 1. The van der Waals surface area contributed by atoms with E-state index in [1.165, 1.54) is 0 Å². The summed E-state index contributed by atoms with van der Waals surface area (Å²) < 4.78 is 5.73. The van der Waals surface area contributed by atoms with Crippen molar-refractivity contribution in [2.75, 3.05) is 0 Å². The van der Waals surface area contributed by atoms with Crippen molar-refractivity contribution < 1.29 is 19.1 Å². The van der Waals surface area contributed by atoms with Crippen LogP contribution < -0.4 is 0 Å². The summed E-state index contributed by atoms with van der Waals surface area (Å²) >= 11 is 0. The molecule has 0 aromatic carbocycles. The molecule has 4 heteroatoms. The van der Waals surface area contributed by atoms with E-state index < -0.39 is 5.41 Å². The Balaban J connectivity index is 1.62. The Morgan fingerprint density at radius 3 is 2.74 bits per heavy atom. The summed E-state index contributed by atoms with van der Waals surface area (Å²) in [7, 11) is 0. The molecule has 0 aromatic heterocycles. The molecule has 0 spiro atoms. The molecule has 5 aliphatic rings. The minimum absolute atomic E-state index is 0.0957. The quantitative estimate of drug-likeness (QED) is 0.645. The topological polar surface area (TPSA) is 60.4 Å². The van der Waals surface area contributed by atoms with Crippen molar-refractivity contribution in [3.8, 4) is 0 Å². The standard InChI is InChI=1S/C19H22O4/c1-18-6-5-13-11(12(18)2-3-16(18)21)9-15-14-8-10(20)4-7-19(13,14)17(22)23-15/h8,11-13,15H,2-7,9H2,1H3/t11-,12-,13-,15-,18-,19-/m0/s1. The summed E-state index contributed by atoms with van der Waals surface area (Å²) in [4.78, 5) is 37.1. The Hall–Kier alpha value is -1.45. The third-order valence-electron chi connectivity index (χ3n) is 7.82. The van der Waals surface area contributed by atoms with Gasteiger partial charge < -0.3 is 4.74 Å². The first-order chi connectivity index (χ1) is 11.0. The molecule has 4 fully saturated rings. The fourth-order valence-corrected chi connectivity index (χ4v) is 6.71. The minimum Gasteiger partial charge on any atom is -0.457 e. The van der Waals surface area contributed by atoms with E-state index in [4.69, 9.17) is 4.74 Å². The average Bonchev–Trinajstić information content (AvgIpc) is 2.92. The summed E-state index contributed by atoms with van der Waals surface area (Å²) in [6.07, 6.45) is 6.83. The van der Waals surface area contributed by atoms with E-state index in [2.05, 4.69) is 6.92 Å². The zero-order valence-electron chi connectivity index (χ0n) is 13.5. The molecule has 0 unspecified atom stereocenters. The number of hydrogen-bond donors (Lipinski definition) is 0.